The van der Waals surface area contributed by atoms with Crippen molar-refractivity contribution in [3.8, 4) is 0 Å². The normalized spacial score (nSPS) is 11.0. The van der Waals surface area contributed by atoms with Gasteiger partial charge in [0, 0.05) is 5.69 Å². The summed E-state index contributed by atoms with van der Waals surface area (Å²) in [7, 11) is 0. The minimum absolute atomic E-state index is 0.252. The first kappa shape index (κ1) is 11.5. The number of rotatable bonds is 2. The summed E-state index contributed by atoms with van der Waals surface area (Å²) in [6.45, 7) is 0.252. The van der Waals surface area contributed by atoms with Crippen molar-refractivity contribution in [1.29, 1.82) is 0 Å². The van der Waals surface area contributed by atoms with Gasteiger partial charge < -0.3 is 10.2 Å². The lowest BCUT2D eigenvalue weighted by molar-refractivity contribution is 0.518. The molecule has 4 nitrogen and oxygen atoms in total. The van der Waals surface area contributed by atoms with Crippen LogP contribution in [-0.2, 0) is 6.54 Å². The lowest BCUT2D eigenvalue weighted by Gasteiger charge is -2.06. The number of fused-ring (bicyclic) bond motifs is 1. The second-order valence-corrected chi connectivity index (χ2v) is 4.26. The largest absolute Gasteiger partial charge is 0.420 e. The van der Waals surface area contributed by atoms with E-state index in [0.29, 0.717) is 22.4 Å². The highest BCUT2D eigenvalue weighted by Gasteiger charge is 2.10. The quantitative estimate of drug-likeness (QED) is 0.718. The highest BCUT2D eigenvalue weighted by molar-refractivity contribution is 5.72. The lowest BCUT2D eigenvalue weighted by Crippen LogP contribution is -2.15. The fraction of sp³-hybridized carbons (Fsp3) is 0.0714. The summed E-state index contributed by atoms with van der Waals surface area (Å²) in [5.74, 6) is -0.851. The highest BCUT2D eigenvalue weighted by Crippen LogP contribution is 2.18. The third-order valence-electron chi connectivity index (χ3n) is 3.01. The molecule has 0 saturated heterocycles. The predicted octanol–water partition coefficient (Wildman–Crippen LogP) is 2.36. The van der Waals surface area contributed by atoms with Gasteiger partial charge in [-0.2, -0.15) is 0 Å². The maximum Gasteiger partial charge on any atom is 0.420 e. The van der Waals surface area contributed by atoms with Gasteiger partial charge in [0.15, 0.2) is 5.58 Å². The van der Waals surface area contributed by atoms with Gasteiger partial charge in [-0.1, -0.05) is 18.2 Å². The Balaban J connectivity index is 2.10. The Kier molecular flexibility index (Phi) is 2.59. The number of para-hydroxylation sites is 2. The van der Waals surface area contributed by atoms with E-state index in [1.165, 1.54) is 16.7 Å². The number of benzene rings is 2. The van der Waals surface area contributed by atoms with E-state index < -0.39 is 11.6 Å². The van der Waals surface area contributed by atoms with Gasteiger partial charge in [0.1, 0.15) is 5.82 Å². The summed E-state index contributed by atoms with van der Waals surface area (Å²) in [5, 5.41) is 0. The fourth-order valence-electron chi connectivity index (χ4n) is 2.04. The van der Waals surface area contributed by atoms with E-state index in [0.717, 1.165) is 0 Å². The summed E-state index contributed by atoms with van der Waals surface area (Å²) in [5.41, 5.74) is 7.95. The molecule has 0 radical (unpaired) electrons. The van der Waals surface area contributed by atoms with E-state index >= 15 is 0 Å². The fourth-order valence-corrected chi connectivity index (χ4v) is 2.04. The Morgan fingerprint density at radius 2 is 2.00 bits per heavy atom. The Labute approximate surface area is 107 Å². The number of hydrogen-bond acceptors (Lipinski definition) is 3. The maximum atomic E-state index is 13.0. The third kappa shape index (κ3) is 1.99. The first-order valence-electron chi connectivity index (χ1n) is 5.77. The Morgan fingerprint density at radius 3 is 2.79 bits per heavy atom. The van der Waals surface area contributed by atoms with Crippen LogP contribution < -0.4 is 11.5 Å². The van der Waals surface area contributed by atoms with E-state index in [1.807, 2.05) is 6.07 Å². The molecule has 0 bridgehead atoms. The van der Waals surface area contributed by atoms with Crippen molar-refractivity contribution in [2.75, 3.05) is 5.73 Å². The topological polar surface area (TPSA) is 61.2 Å². The van der Waals surface area contributed by atoms with Crippen molar-refractivity contribution in [1.82, 2.24) is 4.57 Å². The van der Waals surface area contributed by atoms with Gasteiger partial charge in [0.2, 0.25) is 0 Å². The van der Waals surface area contributed by atoms with Crippen molar-refractivity contribution in [2.24, 2.45) is 0 Å². The second-order valence-electron chi connectivity index (χ2n) is 4.26. The summed E-state index contributed by atoms with van der Waals surface area (Å²) >= 11 is 0. The van der Waals surface area contributed by atoms with Crippen LogP contribution in [0.4, 0.5) is 10.1 Å². The second kappa shape index (κ2) is 4.28. The number of oxazole rings is 1. The molecule has 0 spiro atoms. The molecule has 3 rings (SSSR count). The molecule has 0 fully saturated rings. The van der Waals surface area contributed by atoms with Crippen LogP contribution in [0.25, 0.3) is 11.1 Å². The van der Waals surface area contributed by atoms with Crippen LogP contribution in [0.5, 0.6) is 0 Å². The molecule has 19 heavy (non-hydrogen) atoms. The monoisotopic (exact) mass is 258 g/mol. The number of nitrogens with zero attached hydrogens (tertiary/aromatic N) is 1. The summed E-state index contributed by atoms with van der Waals surface area (Å²) in [4.78, 5) is 11.8. The first-order valence-corrected chi connectivity index (χ1v) is 5.77. The molecule has 0 amide bonds. The molecule has 1 heterocycles. The molecular formula is C14H11FN2O2. The zero-order valence-corrected chi connectivity index (χ0v) is 9.97. The maximum absolute atomic E-state index is 13.0. The van der Waals surface area contributed by atoms with E-state index in [2.05, 4.69) is 0 Å². The van der Waals surface area contributed by atoms with Gasteiger partial charge >= 0.3 is 5.76 Å². The average Bonchev–Trinajstić information content (AvgIpc) is 2.69. The van der Waals surface area contributed by atoms with Crippen LogP contribution in [0.2, 0.25) is 0 Å². The molecule has 5 heteroatoms. The van der Waals surface area contributed by atoms with Gasteiger partial charge in [-0.3, -0.25) is 4.57 Å². The van der Waals surface area contributed by atoms with Gasteiger partial charge in [0.05, 0.1) is 12.1 Å². The van der Waals surface area contributed by atoms with Crippen LogP contribution in [0.15, 0.2) is 51.7 Å². The molecule has 3 aromatic rings. The molecule has 1 aromatic heterocycles. The summed E-state index contributed by atoms with van der Waals surface area (Å²) in [6.07, 6.45) is 0. The average molecular weight is 258 g/mol. The molecule has 0 unspecified atom stereocenters. The summed E-state index contributed by atoms with van der Waals surface area (Å²) in [6, 6.07) is 11.3. The van der Waals surface area contributed by atoms with Gasteiger partial charge in [-0.25, -0.2) is 9.18 Å². The van der Waals surface area contributed by atoms with Crippen LogP contribution >= 0.6 is 0 Å². The van der Waals surface area contributed by atoms with Gasteiger partial charge in [-0.15, -0.1) is 0 Å². The zero-order valence-electron chi connectivity index (χ0n) is 9.97. The van der Waals surface area contributed by atoms with E-state index in [9.17, 15) is 9.18 Å². The molecule has 0 aliphatic carbocycles. The van der Waals surface area contributed by atoms with Crippen LogP contribution in [0, 0.1) is 5.82 Å². The molecule has 2 N–H and O–H groups in total. The van der Waals surface area contributed by atoms with Crippen LogP contribution in [0.3, 0.4) is 0 Å². The van der Waals surface area contributed by atoms with E-state index in [-0.39, 0.29) is 6.54 Å². The Bertz CT molecular complexity index is 805. The number of nitrogens with two attached hydrogens (primary N) is 1. The van der Waals surface area contributed by atoms with Crippen molar-refractivity contribution in [3.63, 3.8) is 0 Å². The molecule has 0 aliphatic heterocycles. The van der Waals surface area contributed by atoms with Crippen LogP contribution in [-0.4, -0.2) is 4.57 Å². The standard InChI is InChI=1S/C14H11FN2O2/c15-10-6-5-9(11(16)7-10)8-17-12-3-1-2-4-13(12)19-14(17)18/h1-7H,8,16H2. The highest BCUT2D eigenvalue weighted by atomic mass is 19.1. The van der Waals surface area contributed by atoms with Gasteiger partial charge in [-0.05, 0) is 29.8 Å². The smallest absolute Gasteiger partial charge is 0.408 e. The van der Waals surface area contributed by atoms with Gasteiger partial charge in [0.25, 0.3) is 0 Å². The number of anilines is 1. The number of hydrogen-bond donors (Lipinski definition) is 1. The summed E-state index contributed by atoms with van der Waals surface area (Å²) < 4.78 is 19.6. The Morgan fingerprint density at radius 1 is 1.21 bits per heavy atom. The minimum Gasteiger partial charge on any atom is -0.408 e. The zero-order chi connectivity index (χ0) is 13.4. The van der Waals surface area contributed by atoms with E-state index in [1.54, 1.807) is 24.3 Å². The molecular weight excluding hydrogens is 247 g/mol. The van der Waals surface area contributed by atoms with Crippen molar-refractivity contribution < 1.29 is 8.81 Å². The number of aromatic nitrogens is 1. The lowest BCUT2D eigenvalue weighted by atomic mass is 10.1. The molecule has 2 aromatic carbocycles. The number of halogens is 1. The molecule has 0 saturated carbocycles. The van der Waals surface area contributed by atoms with Crippen molar-refractivity contribution in [3.05, 3.63) is 64.4 Å². The molecule has 0 aliphatic rings. The van der Waals surface area contributed by atoms with E-state index in [4.69, 9.17) is 10.2 Å². The molecule has 0 atom stereocenters. The Hall–Kier alpha value is -2.56. The first-order chi connectivity index (χ1) is 9.15. The van der Waals surface area contributed by atoms with Crippen molar-refractivity contribution >= 4 is 16.8 Å². The molecule has 96 valence electrons. The third-order valence-corrected chi connectivity index (χ3v) is 3.01. The predicted molar refractivity (Wildman–Crippen MR) is 70.4 cm³/mol. The number of nitrogen functional groups attached to an aromatic ring is 1. The SMILES string of the molecule is Nc1cc(F)ccc1Cn1c(=O)oc2ccccc21. The van der Waals surface area contributed by atoms with Crippen LogP contribution in [0.1, 0.15) is 5.56 Å². The minimum atomic E-state index is -0.454. The van der Waals surface area contributed by atoms with Crippen molar-refractivity contribution in [2.45, 2.75) is 6.54 Å².